The quantitative estimate of drug-likeness (QED) is 0.0348. The lowest BCUT2D eigenvalue weighted by atomic mass is 9.98. The van der Waals surface area contributed by atoms with E-state index in [9.17, 15) is 53.3 Å². The monoisotopic (exact) mass is 1870 g/mol. The number of primary amides is 1. The van der Waals surface area contributed by atoms with Crippen LogP contribution in [0.4, 0.5) is 13.2 Å². The van der Waals surface area contributed by atoms with Crippen molar-refractivity contribution >= 4 is 117 Å². The van der Waals surface area contributed by atoms with Crippen molar-refractivity contribution in [1.29, 1.82) is 0 Å². The first kappa shape index (κ1) is 104. The molecule has 4 heterocycles. The van der Waals surface area contributed by atoms with Crippen molar-refractivity contribution in [2.75, 3.05) is 72.5 Å². The molecule has 0 aliphatic carbocycles. The number of para-hydroxylation sites is 1. The lowest BCUT2D eigenvalue weighted by molar-refractivity contribution is -0.152. The van der Waals surface area contributed by atoms with Gasteiger partial charge in [-0.25, -0.2) is 13.2 Å². The molecule has 15 amide bonds. The molecule has 14 atom stereocenters. The third kappa shape index (κ3) is 28.7. The fourth-order valence-electron chi connectivity index (χ4n) is 16.3. The number of amides is 15. The number of aliphatic hydroxyl groups excluding tert-OH is 1. The number of hydrogen-bond acceptors (Lipinski definition) is 21. The summed E-state index contributed by atoms with van der Waals surface area (Å²) in [6, 6.07) is 8.80. The van der Waals surface area contributed by atoms with Crippen LogP contribution in [-0.4, -0.2) is 297 Å². The third-order valence-corrected chi connectivity index (χ3v) is 24.7. The number of carboxylic acids is 1. The Morgan fingerprint density at radius 1 is 0.564 bits per heavy atom. The summed E-state index contributed by atoms with van der Waals surface area (Å²) in [4.78, 5) is 246. The number of benzene rings is 5. The Bertz CT molecular complexity index is 5120. The topological polar surface area (TPSA) is 535 Å². The van der Waals surface area contributed by atoms with E-state index in [1.165, 1.54) is 57.4 Å². The van der Waals surface area contributed by atoms with Crippen LogP contribution >= 0.6 is 11.8 Å². The van der Waals surface area contributed by atoms with E-state index in [1.807, 2.05) is 0 Å². The maximum absolute atomic E-state index is 15.7. The number of halogens is 3. The molecule has 1 aromatic heterocycles. The van der Waals surface area contributed by atoms with Gasteiger partial charge in [0.15, 0.2) is 17.5 Å². The summed E-state index contributed by atoms with van der Waals surface area (Å²) in [5, 5.41) is 56.2. The molecule has 5 aromatic carbocycles. The van der Waals surface area contributed by atoms with E-state index < -0.39 is 246 Å². The normalized spacial score (nSPS) is 24.1. The lowest BCUT2D eigenvalue weighted by Gasteiger charge is -2.38. The predicted molar refractivity (Wildman–Crippen MR) is 481 cm³/mol. The van der Waals surface area contributed by atoms with Crippen molar-refractivity contribution in [3.05, 3.63) is 173 Å². The zero-order chi connectivity index (χ0) is 97.0. The van der Waals surface area contributed by atoms with Gasteiger partial charge in [-0.2, -0.15) is 0 Å². The minimum absolute atomic E-state index is 0.0324. The largest absolute Gasteiger partial charge is 0.508 e. The first-order valence-electron chi connectivity index (χ1n) is 44.0. The number of nitrogens with two attached hydrogens (primary N) is 2. The maximum Gasteiger partial charge on any atom is 0.305 e. The van der Waals surface area contributed by atoms with E-state index in [-0.39, 0.29) is 102 Å². The van der Waals surface area contributed by atoms with Crippen LogP contribution in [0.1, 0.15) is 113 Å². The molecule has 3 fully saturated rings. The number of aromatic nitrogens is 1. The second-order valence-corrected chi connectivity index (χ2v) is 34.8. The molecular weight excluding hydrogens is 1750 g/mol. The lowest BCUT2D eigenvalue weighted by Crippen LogP contribution is -2.62. The van der Waals surface area contributed by atoms with Gasteiger partial charge in [-0.05, 0) is 109 Å². The number of methoxy groups -OCH3 is 1. The number of aromatic amines is 1. The SMILES string of the molecule is CCCC[C@H]1C(=O)N2CCC[C@@H]2C(=O)N[C@@H](CC(=O)O)C(=O)N[C@@H](C(C)C)C(=O)N(C)[C@H](Cc2ccccc2)C(=O)N[C@H](CCCN)C(=O)N2C[C@H](O)C[C@@H]2C(=O)N[C@@H](Cc2c[nH]c3ccccc23)C(=O)N[C@@H](Cc2ccc(O)cc2)C(=O)N[C@@H](CCOC)C(=O)N[C@H](C(=O)NCC(N)=O)CSCC(=O)N[C@@H](Cc2cc(F)c(F)c(F)c2)C(=O)N(C)[C@@H](Cc2ccccc2)C(=O)N1C. The van der Waals surface area contributed by atoms with Crippen LogP contribution in [0.3, 0.4) is 0 Å². The number of rotatable bonds is 25. The standard InChI is InChI=1S/C92H118F3N17O20S/c1-8-9-27-71-91(130)111-35-19-28-70(111)85(124)105-67(45-77(117)118)84(123)107-79(51(2)3)92(131)109(5)72(41-52-20-12-10-13-21-52)86(125)102-64(26-18-34-96)89(128)112-48-58(114)44-73(112)87(126)104-66(43-56-46-98-62-25-17-16-24-59(56)62)83(122)103-65(39-54-29-31-57(113)32-30-54)82(121)101-63(33-36-132-7)81(120)106-69(80(119)99-47-75(97)115)49-133-50-76(116)100-68(40-55-37-60(93)78(95)61(94)38-55)88(127)110(6)74(90(129)108(71)4)42-53-22-14-11-15-23-53/h10-17,20-25,29-32,37-38,46,51,58,63-74,79,98,113-114H,8-9,18-19,26-28,33-36,39-45,47-50,96H2,1-7H3,(H2,97,115)(H,99,119)(H,100,116)(H,101,121)(H,102,125)(H,103,122)(H,104,126)(H,105,124)(H,106,120)(H,107,123)(H,117,118)/t58-,63+,64-,65+,66+,67+,68+,69+,70-,71+,72-,73-,74+,79+/m1/s1. The van der Waals surface area contributed by atoms with Crippen LogP contribution in [-0.2, 0) is 114 Å². The summed E-state index contributed by atoms with van der Waals surface area (Å²) in [7, 11) is 5.01. The van der Waals surface area contributed by atoms with Crippen LogP contribution in [0, 0.1) is 23.4 Å². The molecule has 0 spiro atoms. The van der Waals surface area contributed by atoms with Gasteiger partial charge in [-0.1, -0.05) is 125 Å². The Labute approximate surface area is 771 Å². The van der Waals surface area contributed by atoms with Gasteiger partial charge in [0.25, 0.3) is 0 Å². The summed E-state index contributed by atoms with van der Waals surface area (Å²) in [6.07, 6.45) is -2.97. The smallest absolute Gasteiger partial charge is 0.305 e. The number of H-pyrrole nitrogens is 1. The summed E-state index contributed by atoms with van der Waals surface area (Å²) in [5.41, 5.74) is 13.5. The number of aliphatic carboxylic acids is 1. The van der Waals surface area contributed by atoms with Gasteiger partial charge in [0, 0.05) is 109 Å². The van der Waals surface area contributed by atoms with Gasteiger partial charge >= 0.3 is 5.97 Å². The molecule has 3 aliphatic rings. The van der Waals surface area contributed by atoms with Gasteiger partial charge in [0.1, 0.15) is 84.3 Å². The highest BCUT2D eigenvalue weighted by atomic mass is 32.2. The number of phenolic OH excluding ortho intramolecular Hbond substituents is 1. The van der Waals surface area contributed by atoms with Crippen molar-refractivity contribution < 1.29 is 110 Å². The Kier molecular flexibility index (Phi) is 38.6. The molecule has 6 aromatic rings. The molecule has 17 N–H and O–H groups in total. The second-order valence-electron chi connectivity index (χ2n) is 33.7. The molecule has 9 rings (SSSR count). The predicted octanol–water partition coefficient (Wildman–Crippen LogP) is 0.561. The summed E-state index contributed by atoms with van der Waals surface area (Å²) < 4.78 is 50.4. The number of hydrogen-bond donors (Lipinski definition) is 15. The van der Waals surface area contributed by atoms with E-state index in [1.54, 1.807) is 112 Å². The van der Waals surface area contributed by atoms with Crippen molar-refractivity contribution in [3.63, 3.8) is 0 Å². The number of carbonyl (C=O) groups excluding carboxylic acids is 15. The average Bonchev–Trinajstić information content (AvgIpc) is 1.64. The fourth-order valence-corrected chi connectivity index (χ4v) is 17.2. The van der Waals surface area contributed by atoms with Crippen LogP contribution in [0.5, 0.6) is 5.75 Å². The van der Waals surface area contributed by atoms with Crippen molar-refractivity contribution in [2.45, 2.75) is 202 Å². The maximum atomic E-state index is 15.7. The molecule has 0 bridgehead atoms. The van der Waals surface area contributed by atoms with Crippen molar-refractivity contribution in [1.82, 2.24) is 77.3 Å². The van der Waals surface area contributed by atoms with E-state index >= 15 is 51.9 Å². The minimum Gasteiger partial charge on any atom is -0.508 e. The van der Waals surface area contributed by atoms with Gasteiger partial charge in [0.05, 0.1) is 24.8 Å². The Balaban J connectivity index is 1.13. The zero-order valence-electron chi connectivity index (χ0n) is 75.1. The van der Waals surface area contributed by atoms with Crippen molar-refractivity contribution in [2.24, 2.45) is 17.4 Å². The molecule has 3 aliphatic heterocycles. The number of aliphatic hydroxyl groups is 1. The summed E-state index contributed by atoms with van der Waals surface area (Å²) in [6.45, 7) is 3.22. The zero-order valence-corrected chi connectivity index (χ0v) is 75.9. The van der Waals surface area contributed by atoms with Gasteiger partial charge in [-0.15, -0.1) is 11.8 Å². The highest BCUT2D eigenvalue weighted by molar-refractivity contribution is 8.00. The number of nitrogens with one attached hydrogen (secondary N) is 10. The molecule has 0 saturated carbocycles. The number of unbranched alkanes of at least 4 members (excludes halogenated alkanes) is 1. The van der Waals surface area contributed by atoms with Crippen LogP contribution < -0.4 is 59.3 Å². The number of thioether (sulfide) groups is 1. The molecule has 37 nitrogen and oxygen atoms in total. The second kappa shape index (κ2) is 49.5. The molecule has 41 heteroatoms. The number of nitrogens with zero attached hydrogens (tertiary/aromatic N) is 5. The Morgan fingerprint density at radius 3 is 1.74 bits per heavy atom. The first-order valence-corrected chi connectivity index (χ1v) is 45.2. The van der Waals surface area contributed by atoms with E-state index in [0.717, 1.165) is 19.6 Å². The van der Waals surface area contributed by atoms with Crippen molar-refractivity contribution in [3.8, 4) is 5.75 Å². The molecular formula is C92H118F3N17O20S. The number of ether oxygens (including phenoxy) is 1. The molecule has 3 saturated heterocycles. The van der Waals surface area contributed by atoms with Crippen LogP contribution in [0.25, 0.3) is 10.9 Å². The molecule has 0 radical (unpaired) electrons. The molecule has 718 valence electrons. The number of carboxylic acid groups (broad SMARTS) is 1. The third-order valence-electron chi connectivity index (χ3n) is 23.6. The fraction of sp³-hybridized carbons (Fsp3) is 0.478. The van der Waals surface area contributed by atoms with Crippen LogP contribution in [0.2, 0.25) is 0 Å². The molecule has 133 heavy (non-hydrogen) atoms. The first-order chi connectivity index (χ1) is 63.4. The number of phenols is 1. The molecule has 0 unspecified atom stereocenters. The number of aromatic hydroxyl groups is 1. The van der Waals surface area contributed by atoms with E-state index in [0.29, 0.717) is 63.5 Å². The number of likely N-dealkylation sites (N-methyl/N-ethyl adjacent to an activating group) is 3. The summed E-state index contributed by atoms with van der Waals surface area (Å²) >= 11 is 0.650. The Morgan fingerprint density at radius 2 is 1.12 bits per heavy atom. The average molecular weight is 1870 g/mol. The minimum atomic E-state index is -1.95. The van der Waals surface area contributed by atoms with E-state index in [2.05, 4.69) is 52.8 Å². The van der Waals surface area contributed by atoms with Gasteiger partial charge in [-0.3, -0.25) is 76.7 Å². The number of fused-ring (bicyclic) bond motifs is 3. The van der Waals surface area contributed by atoms with E-state index in [4.69, 9.17) is 16.2 Å². The highest BCUT2D eigenvalue weighted by Crippen LogP contribution is 2.29. The van der Waals surface area contributed by atoms with Crippen LogP contribution in [0.15, 0.2) is 128 Å². The van der Waals surface area contributed by atoms with Gasteiger partial charge in [0.2, 0.25) is 88.6 Å². The number of carbonyl (C=O) groups is 16. The highest BCUT2D eigenvalue weighted by Gasteiger charge is 2.47. The Hall–Kier alpha value is -13.0. The summed E-state index contributed by atoms with van der Waals surface area (Å²) in [5.74, 6) is -24.1. The van der Waals surface area contributed by atoms with Gasteiger partial charge < -0.3 is 109 Å².